The van der Waals surface area contributed by atoms with Gasteiger partial charge in [0.1, 0.15) is 6.54 Å². The number of carbonyl (C=O) groups excluding carboxylic acids is 2. The van der Waals surface area contributed by atoms with E-state index in [1.165, 1.54) is 39.9 Å². The second-order valence-electron chi connectivity index (χ2n) is 8.30. The summed E-state index contributed by atoms with van der Waals surface area (Å²) in [7, 11) is -3.65. The minimum Gasteiger partial charge on any atom is -0.465 e. The number of carbonyl (C=O) groups is 2. The fourth-order valence-electron chi connectivity index (χ4n) is 3.69. The number of rotatable bonds is 12. The van der Waals surface area contributed by atoms with Crippen molar-refractivity contribution in [3.63, 3.8) is 0 Å². The molecular weight excluding hydrogens is 498 g/mol. The molecule has 36 heavy (non-hydrogen) atoms. The van der Waals surface area contributed by atoms with E-state index >= 15 is 0 Å². The monoisotopic (exact) mass is 531 g/mol. The molecule has 0 spiro atoms. The lowest BCUT2D eigenvalue weighted by molar-refractivity contribution is -0.143. The van der Waals surface area contributed by atoms with E-state index in [9.17, 15) is 18.0 Å². The Labute approximate surface area is 216 Å². The first kappa shape index (κ1) is 27.8. The number of amides is 1. The van der Waals surface area contributed by atoms with Crippen LogP contribution in [0.15, 0.2) is 58.4 Å². The number of esters is 1. The largest absolute Gasteiger partial charge is 0.465 e. The maximum absolute atomic E-state index is 13.2. The predicted octanol–water partition coefficient (Wildman–Crippen LogP) is 4.60. The van der Waals surface area contributed by atoms with Crippen molar-refractivity contribution in [3.8, 4) is 0 Å². The van der Waals surface area contributed by atoms with Gasteiger partial charge in [-0.1, -0.05) is 50.2 Å². The molecule has 1 aromatic heterocycles. The summed E-state index contributed by atoms with van der Waals surface area (Å²) in [4.78, 5) is 29.9. The number of nitrogens with zero attached hydrogens (tertiary/aromatic N) is 3. The Morgan fingerprint density at radius 2 is 1.61 bits per heavy atom. The maximum atomic E-state index is 13.2. The minimum atomic E-state index is -3.65. The highest BCUT2D eigenvalue weighted by atomic mass is 32.2. The smallest absolute Gasteiger partial charge is 0.326 e. The van der Waals surface area contributed by atoms with Crippen LogP contribution < -0.4 is 4.80 Å². The van der Waals surface area contributed by atoms with Gasteiger partial charge in [-0.15, -0.1) is 0 Å². The zero-order chi connectivity index (χ0) is 26.1. The molecule has 0 aliphatic carbocycles. The number of ether oxygens (including phenoxy) is 1. The zero-order valence-electron chi connectivity index (χ0n) is 21.0. The molecule has 0 unspecified atom stereocenters. The highest BCUT2D eigenvalue weighted by molar-refractivity contribution is 7.89. The summed E-state index contributed by atoms with van der Waals surface area (Å²) in [6, 6.07) is 13.4. The van der Waals surface area contributed by atoms with Crippen molar-refractivity contribution in [3.05, 3.63) is 58.9 Å². The Hall–Kier alpha value is -2.82. The Balaban J connectivity index is 1.91. The summed E-state index contributed by atoms with van der Waals surface area (Å²) < 4.78 is 35.5. The van der Waals surface area contributed by atoms with E-state index in [2.05, 4.69) is 4.99 Å². The van der Waals surface area contributed by atoms with Gasteiger partial charge in [0, 0.05) is 18.7 Å². The third-order valence-corrected chi connectivity index (χ3v) is 8.61. The van der Waals surface area contributed by atoms with Crippen molar-refractivity contribution in [2.75, 3.05) is 19.7 Å². The quantitative estimate of drug-likeness (QED) is 0.318. The molecule has 10 heteroatoms. The fourth-order valence-corrected chi connectivity index (χ4v) is 6.23. The van der Waals surface area contributed by atoms with E-state index in [1.807, 2.05) is 38.1 Å². The van der Waals surface area contributed by atoms with Gasteiger partial charge in [0.25, 0.3) is 5.91 Å². The first-order valence-electron chi connectivity index (χ1n) is 12.2. The summed E-state index contributed by atoms with van der Waals surface area (Å²) in [6.45, 7) is 6.94. The topological polar surface area (TPSA) is 98.0 Å². The Morgan fingerprint density at radius 3 is 2.22 bits per heavy atom. The van der Waals surface area contributed by atoms with Crippen molar-refractivity contribution in [1.29, 1.82) is 0 Å². The van der Waals surface area contributed by atoms with Crippen LogP contribution in [0.4, 0.5) is 0 Å². The van der Waals surface area contributed by atoms with Crippen molar-refractivity contribution in [2.24, 2.45) is 4.99 Å². The number of aromatic nitrogens is 1. The first-order chi connectivity index (χ1) is 17.3. The van der Waals surface area contributed by atoms with Crippen molar-refractivity contribution in [1.82, 2.24) is 8.87 Å². The number of para-hydroxylation sites is 1. The second kappa shape index (κ2) is 12.9. The van der Waals surface area contributed by atoms with Crippen LogP contribution in [0.25, 0.3) is 10.2 Å². The van der Waals surface area contributed by atoms with Crippen LogP contribution in [0.3, 0.4) is 0 Å². The zero-order valence-corrected chi connectivity index (χ0v) is 22.6. The van der Waals surface area contributed by atoms with Crippen LogP contribution in [-0.4, -0.2) is 48.9 Å². The molecule has 1 heterocycles. The molecule has 0 saturated heterocycles. The third kappa shape index (κ3) is 6.68. The summed E-state index contributed by atoms with van der Waals surface area (Å²) >= 11 is 1.30. The van der Waals surface area contributed by atoms with Crippen LogP contribution in [0.5, 0.6) is 0 Å². The molecule has 1 amide bonds. The molecule has 0 N–H and O–H groups in total. The van der Waals surface area contributed by atoms with Crippen LogP contribution in [0, 0.1) is 0 Å². The van der Waals surface area contributed by atoms with Crippen molar-refractivity contribution in [2.45, 2.75) is 57.9 Å². The Morgan fingerprint density at radius 1 is 0.972 bits per heavy atom. The average molecular weight is 532 g/mol. The maximum Gasteiger partial charge on any atom is 0.326 e. The molecule has 0 aliphatic heterocycles. The molecule has 0 saturated carbocycles. The molecule has 0 fully saturated rings. The van der Waals surface area contributed by atoms with Crippen LogP contribution >= 0.6 is 11.3 Å². The van der Waals surface area contributed by atoms with Gasteiger partial charge in [-0.05, 0) is 56.2 Å². The SMILES string of the molecule is CCCCN(CCCC)S(=O)(=O)c1ccc(C(=O)N=c2sc3ccccc3n2CC(=O)OCC)cc1. The summed E-state index contributed by atoms with van der Waals surface area (Å²) in [6.07, 6.45) is 3.39. The van der Waals surface area contributed by atoms with Gasteiger partial charge in [0.05, 0.1) is 21.7 Å². The van der Waals surface area contributed by atoms with Gasteiger partial charge >= 0.3 is 5.97 Å². The fraction of sp³-hybridized carbons (Fsp3) is 0.423. The highest BCUT2D eigenvalue weighted by Crippen LogP contribution is 2.20. The number of benzene rings is 2. The number of hydrogen-bond acceptors (Lipinski definition) is 6. The van der Waals surface area contributed by atoms with E-state index < -0.39 is 21.9 Å². The first-order valence-corrected chi connectivity index (χ1v) is 14.5. The van der Waals surface area contributed by atoms with Gasteiger partial charge in [-0.2, -0.15) is 9.30 Å². The average Bonchev–Trinajstić information content (AvgIpc) is 3.20. The van der Waals surface area contributed by atoms with E-state index in [4.69, 9.17) is 4.74 Å². The van der Waals surface area contributed by atoms with Gasteiger partial charge < -0.3 is 9.30 Å². The molecule has 194 valence electrons. The van der Waals surface area contributed by atoms with Crippen molar-refractivity contribution < 1.29 is 22.7 Å². The lowest BCUT2D eigenvalue weighted by Crippen LogP contribution is -2.33. The molecular formula is C26H33N3O5S2. The number of sulfonamides is 1. The van der Waals surface area contributed by atoms with Crippen LogP contribution in [-0.2, 0) is 26.1 Å². The Kier molecular flexibility index (Phi) is 9.98. The van der Waals surface area contributed by atoms with Crippen LogP contribution in [0.2, 0.25) is 0 Å². The molecule has 3 aromatic rings. The normalized spacial score (nSPS) is 12.4. The van der Waals surface area contributed by atoms with Gasteiger partial charge in [0.2, 0.25) is 10.0 Å². The molecule has 2 aromatic carbocycles. The lowest BCUT2D eigenvalue weighted by atomic mass is 10.2. The van der Waals surface area contributed by atoms with Crippen LogP contribution in [0.1, 0.15) is 56.8 Å². The van der Waals surface area contributed by atoms with E-state index in [-0.39, 0.29) is 23.6 Å². The number of thiazole rings is 1. The molecule has 8 nitrogen and oxygen atoms in total. The molecule has 0 bridgehead atoms. The van der Waals surface area contributed by atoms with E-state index in [0.717, 1.165) is 35.9 Å². The second-order valence-corrected chi connectivity index (χ2v) is 11.2. The van der Waals surface area contributed by atoms with Gasteiger partial charge in [0.15, 0.2) is 4.80 Å². The predicted molar refractivity (Wildman–Crippen MR) is 141 cm³/mol. The Bertz CT molecular complexity index is 1350. The lowest BCUT2D eigenvalue weighted by Gasteiger charge is -2.22. The molecule has 0 aliphatic rings. The summed E-state index contributed by atoms with van der Waals surface area (Å²) in [5.74, 6) is -0.933. The third-order valence-electron chi connectivity index (χ3n) is 5.64. The summed E-state index contributed by atoms with van der Waals surface area (Å²) in [5, 5.41) is 0. The van der Waals surface area contributed by atoms with E-state index in [0.29, 0.717) is 17.9 Å². The standard InChI is InChI=1S/C26H33N3O5S2/c1-4-7-17-28(18-8-5-2)36(32,33)21-15-13-20(14-16-21)25(31)27-26-29(19-24(30)34-6-3)22-11-9-10-12-23(22)35-26/h9-16H,4-8,17-19H2,1-3H3. The molecule has 0 radical (unpaired) electrons. The molecule has 0 atom stereocenters. The summed E-state index contributed by atoms with van der Waals surface area (Å²) in [5.41, 5.74) is 1.05. The minimum absolute atomic E-state index is 0.0630. The number of fused-ring (bicyclic) bond motifs is 1. The number of unbranched alkanes of at least 4 members (excludes halogenated alkanes) is 2. The van der Waals surface area contributed by atoms with Gasteiger partial charge in [-0.3, -0.25) is 9.59 Å². The van der Waals surface area contributed by atoms with E-state index in [1.54, 1.807) is 11.5 Å². The molecule has 3 rings (SSSR count). The van der Waals surface area contributed by atoms with Gasteiger partial charge in [-0.25, -0.2) is 8.42 Å². The number of hydrogen-bond donors (Lipinski definition) is 0. The van der Waals surface area contributed by atoms with Crippen molar-refractivity contribution >= 4 is 43.5 Å². The highest BCUT2D eigenvalue weighted by Gasteiger charge is 2.24.